The highest BCUT2D eigenvalue weighted by molar-refractivity contribution is 6.04. The van der Waals surface area contributed by atoms with Gasteiger partial charge in [-0.15, -0.1) is 0 Å². The van der Waals surface area contributed by atoms with Crippen LogP contribution in [0.25, 0.3) is 11.6 Å². The van der Waals surface area contributed by atoms with E-state index in [1.165, 1.54) is 33.7 Å². The number of rotatable bonds is 3. The second-order valence-electron chi connectivity index (χ2n) is 8.97. The lowest BCUT2D eigenvalue weighted by atomic mass is 9.80. The van der Waals surface area contributed by atoms with Crippen LogP contribution in [0, 0.1) is 0 Å². The summed E-state index contributed by atoms with van der Waals surface area (Å²) in [5.41, 5.74) is 7.79. The number of fused-ring (bicyclic) bond motifs is 1. The Bertz CT molecular complexity index is 1130. The van der Waals surface area contributed by atoms with E-state index in [0.717, 1.165) is 11.3 Å². The first-order valence-electron chi connectivity index (χ1n) is 10.7. The lowest BCUT2D eigenvalue weighted by molar-refractivity contribution is -0.462. The van der Waals surface area contributed by atoms with Gasteiger partial charge in [-0.1, -0.05) is 30.3 Å². The van der Waals surface area contributed by atoms with Crippen LogP contribution in [0.3, 0.4) is 0 Å². The molecule has 0 bridgehead atoms. The molecule has 0 unspecified atom stereocenters. The Morgan fingerprint density at radius 2 is 1.52 bits per heavy atom. The van der Waals surface area contributed by atoms with Crippen LogP contribution in [0.1, 0.15) is 25.0 Å². The van der Waals surface area contributed by atoms with E-state index in [2.05, 4.69) is 118 Å². The Hall–Kier alpha value is -3.33. The lowest BCUT2D eigenvalue weighted by Gasteiger charge is -2.36. The molecule has 158 valence electrons. The third-order valence-corrected chi connectivity index (χ3v) is 5.85. The van der Waals surface area contributed by atoms with Crippen LogP contribution in [-0.4, -0.2) is 44.1 Å². The fourth-order valence-corrected chi connectivity index (χ4v) is 4.06. The first kappa shape index (κ1) is 20.9. The molecule has 3 heteroatoms. The molecular weight excluding hydrogens is 380 g/mol. The fourth-order valence-electron chi connectivity index (χ4n) is 4.06. The number of para-hydroxylation sites is 1. The Morgan fingerprint density at radius 1 is 0.871 bits per heavy atom. The molecule has 0 spiro atoms. The molecule has 0 radical (unpaired) electrons. The molecule has 0 N–H and O–H groups in total. The molecule has 2 aliphatic rings. The Balaban J connectivity index is 1.93. The number of ether oxygens (including phenoxy) is 1. The molecule has 1 aliphatic carbocycles. The van der Waals surface area contributed by atoms with E-state index in [4.69, 9.17) is 4.74 Å². The predicted molar refractivity (Wildman–Crippen MR) is 132 cm³/mol. The molecule has 0 saturated heterocycles. The summed E-state index contributed by atoms with van der Waals surface area (Å²) < 4.78 is 8.60. The molecule has 0 fully saturated rings. The van der Waals surface area contributed by atoms with Crippen molar-refractivity contribution in [3.05, 3.63) is 95.1 Å². The smallest absolute Gasteiger partial charge is 0.199 e. The summed E-state index contributed by atoms with van der Waals surface area (Å²) in [5, 5.41) is 0. The van der Waals surface area contributed by atoms with Crippen LogP contribution in [-0.2, 0) is 0 Å². The van der Waals surface area contributed by atoms with Crippen molar-refractivity contribution in [2.45, 2.75) is 19.4 Å². The van der Waals surface area contributed by atoms with Gasteiger partial charge in [0.2, 0.25) is 0 Å². The zero-order valence-corrected chi connectivity index (χ0v) is 19.3. The van der Waals surface area contributed by atoms with Gasteiger partial charge in [0.05, 0.1) is 0 Å². The molecule has 0 saturated carbocycles. The van der Waals surface area contributed by atoms with Crippen molar-refractivity contribution in [2.75, 3.05) is 33.1 Å². The number of allylic oxidation sites excluding steroid dienone is 5. The molecule has 2 aromatic carbocycles. The minimum Gasteiger partial charge on any atom is -0.483 e. The summed E-state index contributed by atoms with van der Waals surface area (Å²) in [6.07, 6.45) is 11.1. The van der Waals surface area contributed by atoms with Gasteiger partial charge in [0, 0.05) is 43.1 Å². The monoisotopic (exact) mass is 411 g/mol. The average Bonchev–Trinajstić information content (AvgIpc) is 2.74. The van der Waals surface area contributed by atoms with E-state index >= 15 is 0 Å². The maximum atomic E-state index is 6.47. The molecule has 3 nitrogen and oxygen atoms in total. The summed E-state index contributed by atoms with van der Waals surface area (Å²) in [6.45, 7) is 4.30. The highest BCUT2D eigenvalue weighted by atomic mass is 16.5. The van der Waals surface area contributed by atoms with Crippen LogP contribution in [0.15, 0.2) is 84.0 Å². The van der Waals surface area contributed by atoms with E-state index in [1.54, 1.807) is 0 Å². The Labute approximate surface area is 186 Å². The number of nitrogens with zero attached hydrogens (tertiary/aromatic N) is 2. The topological polar surface area (TPSA) is 15.5 Å². The third kappa shape index (κ3) is 4.13. The quantitative estimate of drug-likeness (QED) is 0.611. The maximum absolute atomic E-state index is 6.47. The summed E-state index contributed by atoms with van der Waals surface area (Å²) in [7, 11) is 8.27. The summed E-state index contributed by atoms with van der Waals surface area (Å²) in [6, 6.07) is 17.0. The van der Waals surface area contributed by atoms with Crippen molar-refractivity contribution in [1.82, 2.24) is 0 Å². The van der Waals surface area contributed by atoms with Gasteiger partial charge in [0.1, 0.15) is 25.4 Å². The van der Waals surface area contributed by atoms with Gasteiger partial charge in [-0.2, -0.15) is 0 Å². The molecule has 0 atom stereocenters. The van der Waals surface area contributed by atoms with Gasteiger partial charge in [-0.05, 0) is 67.0 Å². The van der Waals surface area contributed by atoms with Crippen molar-refractivity contribution in [2.24, 2.45) is 0 Å². The predicted octanol–water partition coefficient (Wildman–Crippen LogP) is 5.60. The second-order valence-corrected chi connectivity index (χ2v) is 8.97. The average molecular weight is 412 g/mol. The third-order valence-electron chi connectivity index (χ3n) is 5.85. The fraction of sp³-hybridized carbons (Fsp3) is 0.250. The first-order valence-corrected chi connectivity index (χ1v) is 10.7. The number of benzene rings is 2. The number of hydrogen-bond donors (Lipinski definition) is 0. The van der Waals surface area contributed by atoms with Crippen LogP contribution in [0.2, 0.25) is 0 Å². The van der Waals surface area contributed by atoms with Crippen molar-refractivity contribution in [3.63, 3.8) is 0 Å². The molecule has 2 aromatic rings. The molecule has 1 heterocycles. The minimum atomic E-state index is -0.454. The minimum absolute atomic E-state index is 0.454. The molecule has 4 rings (SSSR count). The molecule has 1 aliphatic heterocycles. The summed E-state index contributed by atoms with van der Waals surface area (Å²) >= 11 is 0. The van der Waals surface area contributed by atoms with Crippen molar-refractivity contribution < 1.29 is 9.31 Å². The van der Waals surface area contributed by atoms with Crippen molar-refractivity contribution >= 4 is 23.0 Å². The van der Waals surface area contributed by atoms with Gasteiger partial charge < -0.3 is 9.64 Å². The normalized spacial score (nSPS) is 16.4. The van der Waals surface area contributed by atoms with Crippen molar-refractivity contribution in [3.8, 4) is 5.75 Å². The largest absolute Gasteiger partial charge is 0.483 e. The highest BCUT2D eigenvalue weighted by Crippen LogP contribution is 2.43. The van der Waals surface area contributed by atoms with Gasteiger partial charge in [0.25, 0.3) is 0 Å². The van der Waals surface area contributed by atoms with E-state index in [-0.39, 0.29) is 0 Å². The van der Waals surface area contributed by atoms with Gasteiger partial charge in [-0.3, -0.25) is 0 Å². The Morgan fingerprint density at radius 3 is 2.13 bits per heavy atom. The Kier molecular flexibility index (Phi) is 5.45. The van der Waals surface area contributed by atoms with E-state index in [0.29, 0.717) is 0 Å². The van der Waals surface area contributed by atoms with E-state index < -0.39 is 5.60 Å². The van der Waals surface area contributed by atoms with Crippen LogP contribution < -0.4 is 9.64 Å². The lowest BCUT2D eigenvalue weighted by Crippen LogP contribution is -2.34. The van der Waals surface area contributed by atoms with Crippen molar-refractivity contribution in [1.29, 1.82) is 0 Å². The first-order chi connectivity index (χ1) is 14.8. The standard InChI is InChI=1S/C28H31N2O/c1-28(2)25(19-22-9-7-8-10-26(22)31-28)27(20-11-15-23(16-12-20)29(3)4)21-13-17-24(18-14-21)30(5)6/h7-19H,1-6H3/q+1. The number of hydrogen-bond acceptors (Lipinski definition) is 2. The van der Waals surface area contributed by atoms with E-state index in [9.17, 15) is 0 Å². The SMILES string of the molecule is CN(C)c1ccc(C(C2=Cc3ccccc3OC2(C)C)=C2C=CC(=[N+](C)C)C=C2)cc1. The maximum Gasteiger partial charge on any atom is 0.199 e. The molecule has 0 amide bonds. The second kappa shape index (κ2) is 8.07. The van der Waals surface area contributed by atoms with Crippen LogP contribution in [0.4, 0.5) is 5.69 Å². The van der Waals surface area contributed by atoms with Crippen LogP contribution in [0.5, 0.6) is 5.75 Å². The molecular formula is C28H31N2O+. The molecule has 31 heavy (non-hydrogen) atoms. The van der Waals surface area contributed by atoms with Gasteiger partial charge in [-0.25, -0.2) is 4.58 Å². The van der Waals surface area contributed by atoms with E-state index in [1.807, 2.05) is 12.1 Å². The molecule has 0 aromatic heterocycles. The van der Waals surface area contributed by atoms with Gasteiger partial charge in [0.15, 0.2) is 5.71 Å². The summed E-state index contributed by atoms with van der Waals surface area (Å²) in [5.74, 6) is 0.932. The van der Waals surface area contributed by atoms with Gasteiger partial charge >= 0.3 is 0 Å². The zero-order valence-electron chi connectivity index (χ0n) is 19.3. The number of anilines is 1. The zero-order chi connectivity index (χ0) is 22.2. The summed E-state index contributed by atoms with van der Waals surface area (Å²) in [4.78, 5) is 2.12. The highest BCUT2D eigenvalue weighted by Gasteiger charge is 2.34. The van der Waals surface area contributed by atoms with Crippen LogP contribution >= 0.6 is 0 Å².